The van der Waals surface area contributed by atoms with Gasteiger partial charge in [0.05, 0.1) is 0 Å². The molecule has 100 valence electrons. The van der Waals surface area contributed by atoms with E-state index in [-0.39, 0.29) is 6.61 Å². The van der Waals surface area contributed by atoms with Gasteiger partial charge in [0.2, 0.25) is 0 Å². The van der Waals surface area contributed by atoms with E-state index in [1.807, 2.05) is 0 Å². The van der Waals surface area contributed by atoms with E-state index in [0.717, 1.165) is 12.8 Å². The molecule has 0 aromatic heterocycles. The molecule has 1 unspecified atom stereocenters. The molecule has 1 saturated carbocycles. The zero-order valence-corrected chi connectivity index (χ0v) is 12.5. The summed E-state index contributed by atoms with van der Waals surface area (Å²) >= 11 is 3.63. The molecular weight excluding hydrogens is 290 g/mol. The molecule has 1 aliphatic carbocycles. The molecule has 2 nitrogen and oxygen atoms in total. The lowest BCUT2D eigenvalue weighted by molar-refractivity contribution is 0.220. The Hall–Kier alpha value is -0.380. The molecule has 1 atom stereocenters. The van der Waals surface area contributed by atoms with E-state index in [1.54, 1.807) is 0 Å². The van der Waals surface area contributed by atoms with E-state index in [0.29, 0.717) is 18.0 Å². The molecule has 0 radical (unpaired) electrons. The van der Waals surface area contributed by atoms with Crippen LogP contribution in [-0.2, 0) is 0 Å². The summed E-state index contributed by atoms with van der Waals surface area (Å²) in [5, 5.41) is 12.6. The van der Waals surface area contributed by atoms with Crippen LogP contribution in [0.5, 0.6) is 0 Å². The molecule has 1 aliphatic rings. The Morgan fingerprint density at radius 1 is 1.39 bits per heavy atom. The van der Waals surface area contributed by atoms with Crippen molar-refractivity contribution in [2.45, 2.75) is 50.6 Å². The van der Waals surface area contributed by atoms with Crippen LogP contribution < -0.4 is 5.32 Å². The summed E-state index contributed by atoms with van der Waals surface area (Å²) in [7, 11) is 0. The van der Waals surface area contributed by atoms with Gasteiger partial charge < -0.3 is 10.4 Å². The van der Waals surface area contributed by atoms with Crippen LogP contribution >= 0.6 is 15.9 Å². The zero-order chi connectivity index (χ0) is 13.0. The number of nitrogens with one attached hydrogen (secondary N) is 1. The number of hydrogen-bond acceptors (Lipinski definition) is 2. The minimum atomic E-state index is 0.284. The van der Waals surface area contributed by atoms with Crippen LogP contribution in [0.2, 0.25) is 0 Å². The van der Waals surface area contributed by atoms with E-state index in [4.69, 9.17) is 5.11 Å². The minimum absolute atomic E-state index is 0.284. The Bertz CT molecular complexity index is 377. The van der Waals surface area contributed by atoms with Crippen LogP contribution in [-0.4, -0.2) is 23.8 Å². The van der Waals surface area contributed by atoms with Crippen molar-refractivity contribution in [3.05, 3.63) is 34.3 Å². The van der Waals surface area contributed by atoms with Gasteiger partial charge in [-0.05, 0) is 43.2 Å². The largest absolute Gasteiger partial charge is 0.396 e. The fraction of sp³-hybridized carbons (Fsp3) is 0.600. The van der Waals surface area contributed by atoms with Crippen molar-refractivity contribution >= 4 is 15.9 Å². The van der Waals surface area contributed by atoms with E-state index < -0.39 is 0 Å². The summed E-state index contributed by atoms with van der Waals surface area (Å²) < 4.78 is 1.23. The number of aliphatic hydroxyl groups is 1. The van der Waals surface area contributed by atoms with Crippen molar-refractivity contribution < 1.29 is 5.11 Å². The van der Waals surface area contributed by atoms with Gasteiger partial charge in [-0.15, -0.1) is 0 Å². The van der Waals surface area contributed by atoms with Crippen LogP contribution in [0, 0.1) is 0 Å². The Morgan fingerprint density at radius 2 is 2.11 bits per heavy atom. The quantitative estimate of drug-likeness (QED) is 0.843. The lowest BCUT2D eigenvalue weighted by Crippen LogP contribution is -2.45. The van der Waals surface area contributed by atoms with Gasteiger partial charge in [-0.2, -0.15) is 0 Å². The topological polar surface area (TPSA) is 32.3 Å². The highest BCUT2D eigenvalue weighted by Crippen LogP contribution is 2.40. The number of rotatable bonds is 6. The maximum atomic E-state index is 8.99. The third kappa shape index (κ3) is 3.34. The molecule has 18 heavy (non-hydrogen) atoms. The van der Waals surface area contributed by atoms with Gasteiger partial charge in [-0.3, -0.25) is 0 Å². The molecular formula is C15H22BrNO. The average Bonchev–Trinajstić information content (AvgIpc) is 2.33. The van der Waals surface area contributed by atoms with Gasteiger partial charge in [-0.1, -0.05) is 41.1 Å². The number of hydrogen-bond donors (Lipinski definition) is 2. The first-order valence-corrected chi connectivity index (χ1v) is 7.65. The average molecular weight is 312 g/mol. The van der Waals surface area contributed by atoms with Crippen LogP contribution in [0.1, 0.15) is 44.1 Å². The van der Waals surface area contributed by atoms with Crippen LogP contribution in [0.3, 0.4) is 0 Å². The van der Waals surface area contributed by atoms with Crippen molar-refractivity contribution in [2.75, 3.05) is 6.61 Å². The summed E-state index contributed by atoms with van der Waals surface area (Å²) in [6.07, 6.45) is 4.39. The van der Waals surface area contributed by atoms with Gasteiger partial charge >= 0.3 is 0 Å². The molecule has 0 aliphatic heterocycles. The smallest absolute Gasteiger partial charge is 0.0445 e. The van der Waals surface area contributed by atoms with E-state index in [1.165, 1.54) is 22.9 Å². The summed E-state index contributed by atoms with van der Waals surface area (Å²) in [6.45, 7) is 2.46. The second-order valence-corrected chi connectivity index (χ2v) is 6.03. The predicted molar refractivity (Wildman–Crippen MR) is 78.8 cm³/mol. The fourth-order valence-electron chi connectivity index (χ4n) is 2.71. The van der Waals surface area contributed by atoms with Crippen LogP contribution in [0.4, 0.5) is 0 Å². The van der Waals surface area contributed by atoms with E-state index in [9.17, 15) is 0 Å². The third-order valence-corrected chi connectivity index (χ3v) is 4.65. The van der Waals surface area contributed by atoms with E-state index in [2.05, 4.69) is 52.4 Å². The summed E-state index contributed by atoms with van der Waals surface area (Å²) in [5.41, 5.74) is 1.44. The highest BCUT2D eigenvalue weighted by molar-refractivity contribution is 9.10. The molecule has 0 bridgehead atoms. The summed E-state index contributed by atoms with van der Waals surface area (Å²) in [4.78, 5) is 0. The first kappa shape index (κ1) is 14.0. The van der Waals surface area contributed by atoms with Crippen molar-refractivity contribution in [1.82, 2.24) is 5.32 Å². The van der Waals surface area contributed by atoms with Gasteiger partial charge in [0.15, 0.2) is 0 Å². The monoisotopic (exact) mass is 311 g/mol. The Balaban J connectivity index is 1.82. The Morgan fingerprint density at radius 3 is 2.72 bits per heavy atom. The molecule has 0 spiro atoms. The fourth-order valence-corrected chi connectivity index (χ4v) is 3.32. The molecule has 1 aromatic carbocycles. The normalized spacial score (nSPS) is 24.6. The highest BCUT2D eigenvalue weighted by atomic mass is 79.9. The molecule has 1 fully saturated rings. The lowest BCUT2D eigenvalue weighted by Gasteiger charge is -2.39. The third-order valence-electron chi connectivity index (χ3n) is 3.92. The predicted octanol–water partition coefficient (Wildman–Crippen LogP) is 3.45. The van der Waals surface area contributed by atoms with Gasteiger partial charge in [0, 0.05) is 23.2 Å². The van der Waals surface area contributed by atoms with Crippen molar-refractivity contribution in [2.24, 2.45) is 0 Å². The molecule has 2 N–H and O–H groups in total. The first-order chi connectivity index (χ1) is 8.74. The molecule has 0 amide bonds. The molecule has 0 saturated heterocycles. The Labute approximate surface area is 118 Å². The summed E-state index contributed by atoms with van der Waals surface area (Å²) in [6, 6.07) is 9.61. The SMILES string of the molecule is CCC(CCO)NC1CC(c2ccccc2Br)C1. The first-order valence-electron chi connectivity index (χ1n) is 6.86. The van der Waals surface area contributed by atoms with Crippen molar-refractivity contribution in [1.29, 1.82) is 0 Å². The van der Waals surface area contributed by atoms with Gasteiger partial charge in [0.1, 0.15) is 0 Å². The maximum Gasteiger partial charge on any atom is 0.0445 e. The van der Waals surface area contributed by atoms with Crippen LogP contribution in [0.15, 0.2) is 28.7 Å². The Kier molecular flexibility index (Phi) is 5.22. The highest BCUT2D eigenvalue weighted by Gasteiger charge is 2.32. The standard InChI is InChI=1S/C15H22BrNO/c1-2-12(7-8-18)17-13-9-11(10-13)14-5-3-4-6-15(14)16/h3-6,11-13,17-18H,2,7-10H2,1H3. The maximum absolute atomic E-state index is 8.99. The van der Waals surface area contributed by atoms with Crippen LogP contribution in [0.25, 0.3) is 0 Å². The minimum Gasteiger partial charge on any atom is -0.396 e. The second kappa shape index (κ2) is 6.69. The molecule has 3 heteroatoms. The molecule has 1 aromatic rings. The summed E-state index contributed by atoms with van der Waals surface area (Å²) in [5.74, 6) is 0.685. The lowest BCUT2D eigenvalue weighted by atomic mass is 9.75. The number of aliphatic hydroxyl groups excluding tert-OH is 1. The second-order valence-electron chi connectivity index (χ2n) is 5.17. The van der Waals surface area contributed by atoms with Gasteiger partial charge in [0.25, 0.3) is 0 Å². The van der Waals surface area contributed by atoms with Crippen molar-refractivity contribution in [3.8, 4) is 0 Å². The number of benzene rings is 1. The molecule has 0 heterocycles. The van der Waals surface area contributed by atoms with E-state index >= 15 is 0 Å². The van der Waals surface area contributed by atoms with Crippen molar-refractivity contribution in [3.63, 3.8) is 0 Å². The van der Waals surface area contributed by atoms with Gasteiger partial charge in [-0.25, -0.2) is 0 Å². The molecule has 2 rings (SSSR count). The number of halogens is 1. The zero-order valence-electron chi connectivity index (χ0n) is 10.9.